The molecule has 0 aliphatic heterocycles. The van der Waals surface area contributed by atoms with Crippen LogP contribution in [-0.4, -0.2) is 38.7 Å². The van der Waals surface area contributed by atoms with Crippen molar-refractivity contribution in [3.63, 3.8) is 0 Å². The monoisotopic (exact) mass is 505 g/mol. The molecule has 4 aromatic rings. The molecule has 0 fully saturated rings. The number of carbonyl (C=O) groups is 1. The van der Waals surface area contributed by atoms with Crippen LogP contribution in [0.5, 0.6) is 5.75 Å². The Bertz CT molecular complexity index is 1320. The lowest BCUT2D eigenvalue weighted by Gasteiger charge is -2.11. The van der Waals surface area contributed by atoms with Crippen molar-refractivity contribution < 1.29 is 9.53 Å². The molecule has 9 heteroatoms. The van der Waals surface area contributed by atoms with Crippen LogP contribution in [0.3, 0.4) is 0 Å². The van der Waals surface area contributed by atoms with E-state index in [1.165, 1.54) is 11.8 Å². The number of aromatic nitrogens is 3. The average molecular weight is 506 g/mol. The molecule has 0 saturated carbocycles. The standard InChI is InChI=1S/C26H24ClN5O2S/c1-3-34-21-15-13-20(14-16-21)32-25(19-9-5-4-6-10-19)30-31-26(32)35-17-24(33)29-28-18(2)22-11-7-8-12-23(22)27/h4-16H,3,17H2,1-2H3,(H,29,33)/b28-18+. The quantitative estimate of drug-likeness (QED) is 0.181. The number of ether oxygens (including phenoxy) is 1. The van der Waals surface area contributed by atoms with Crippen molar-refractivity contribution in [3.05, 3.63) is 89.4 Å². The van der Waals surface area contributed by atoms with Gasteiger partial charge in [-0.15, -0.1) is 10.2 Å². The number of carbonyl (C=O) groups excluding carboxylic acids is 1. The van der Waals surface area contributed by atoms with Gasteiger partial charge in [0.05, 0.1) is 18.1 Å². The van der Waals surface area contributed by atoms with E-state index in [0.717, 1.165) is 22.6 Å². The van der Waals surface area contributed by atoms with E-state index in [1.807, 2.05) is 84.3 Å². The molecule has 0 bridgehead atoms. The van der Waals surface area contributed by atoms with Crippen LogP contribution in [0.4, 0.5) is 0 Å². The van der Waals surface area contributed by atoms with Crippen molar-refractivity contribution in [3.8, 4) is 22.8 Å². The Hall–Kier alpha value is -3.62. The van der Waals surface area contributed by atoms with Gasteiger partial charge in [-0.2, -0.15) is 5.10 Å². The minimum Gasteiger partial charge on any atom is -0.494 e. The van der Waals surface area contributed by atoms with Gasteiger partial charge in [-0.05, 0) is 44.2 Å². The van der Waals surface area contributed by atoms with Crippen LogP contribution in [0.1, 0.15) is 19.4 Å². The number of nitrogens with zero attached hydrogens (tertiary/aromatic N) is 4. The van der Waals surface area contributed by atoms with E-state index in [-0.39, 0.29) is 11.7 Å². The maximum atomic E-state index is 12.5. The van der Waals surface area contributed by atoms with Gasteiger partial charge in [-0.25, -0.2) is 5.43 Å². The summed E-state index contributed by atoms with van der Waals surface area (Å²) in [6, 6.07) is 24.9. The minimum absolute atomic E-state index is 0.114. The molecule has 1 N–H and O–H groups in total. The van der Waals surface area contributed by atoms with E-state index >= 15 is 0 Å². The first-order valence-corrected chi connectivity index (χ1v) is 12.4. The third kappa shape index (κ3) is 6.09. The van der Waals surface area contributed by atoms with E-state index < -0.39 is 0 Å². The zero-order chi connectivity index (χ0) is 24.6. The molecule has 0 radical (unpaired) electrons. The molecule has 1 aromatic heterocycles. The average Bonchev–Trinajstić information content (AvgIpc) is 3.31. The van der Waals surface area contributed by atoms with Crippen LogP contribution >= 0.6 is 23.4 Å². The number of hydrazone groups is 1. The summed E-state index contributed by atoms with van der Waals surface area (Å²) in [4.78, 5) is 12.5. The lowest BCUT2D eigenvalue weighted by molar-refractivity contribution is -0.118. The molecule has 0 unspecified atom stereocenters. The molecular weight excluding hydrogens is 482 g/mol. The Morgan fingerprint density at radius 1 is 1.03 bits per heavy atom. The number of thioether (sulfide) groups is 1. The highest BCUT2D eigenvalue weighted by molar-refractivity contribution is 7.99. The highest BCUT2D eigenvalue weighted by Gasteiger charge is 2.17. The van der Waals surface area contributed by atoms with Gasteiger partial charge in [0.2, 0.25) is 0 Å². The Morgan fingerprint density at radius 2 is 1.74 bits per heavy atom. The van der Waals surface area contributed by atoms with E-state index in [2.05, 4.69) is 20.7 Å². The lowest BCUT2D eigenvalue weighted by atomic mass is 10.1. The van der Waals surface area contributed by atoms with Gasteiger partial charge >= 0.3 is 0 Å². The second-order valence-corrected chi connectivity index (χ2v) is 8.78. The summed E-state index contributed by atoms with van der Waals surface area (Å²) in [5.41, 5.74) is 5.77. The van der Waals surface area contributed by atoms with Crippen molar-refractivity contribution in [1.29, 1.82) is 0 Å². The molecule has 0 aliphatic rings. The Kier molecular flexibility index (Phi) is 8.18. The molecule has 0 saturated heterocycles. The molecule has 0 aliphatic carbocycles. The third-order valence-corrected chi connectivity index (χ3v) is 6.27. The number of nitrogens with one attached hydrogen (secondary N) is 1. The van der Waals surface area contributed by atoms with Gasteiger partial charge in [0.25, 0.3) is 5.91 Å². The van der Waals surface area contributed by atoms with E-state index in [1.54, 1.807) is 13.0 Å². The summed E-state index contributed by atoms with van der Waals surface area (Å²) in [5, 5.41) is 14.1. The highest BCUT2D eigenvalue weighted by Crippen LogP contribution is 2.28. The zero-order valence-corrected chi connectivity index (χ0v) is 20.9. The van der Waals surface area contributed by atoms with Crippen molar-refractivity contribution in [2.75, 3.05) is 12.4 Å². The Labute approximate surface area is 213 Å². The fraction of sp³-hybridized carbons (Fsp3) is 0.154. The number of amides is 1. The molecule has 1 amide bonds. The topological polar surface area (TPSA) is 81.4 Å². The zero-order valence-electron chi connectivity index (χ0n) is 19.3. The number of benzene rings is 3. The molecule has 0 atom stereocenters. The summed E-state index contributed by atoms with van der Waals surface area (Å²) in [7, 11) is 0. The maximum absolute atomic E-state index is 12.5. The molecule has 7 nitrogen and oxygen atoms in total. The molecule has 1 heterocycles. The SMILES string of the molecule is CCOc1ccc(-n2c(SCC(=O)N/N=C(\C)c3ccccc3Cl)nnc2-c2ccccc2)cc1. The van der Waals surface area contributed by atoms with Gasteiger partial charge in [0.1, 0.15) is 5.75 Å². The fourth-order valence-corrected chi connectivity index (χ4v) is 4.37. The normalized spacial score (nSPS) is 11.3. The largest absolute Gasteiger partial charge is 0.494 e. The van der Waals surface area contributed by atoms with Gasteiger partial charge < -0.3 is 4.74 Å². The number of halogens is 1. The van der Waals surface area contributed by atoms with Crippen molar-refractivity contribution in [2.24, 2.45) is 5.10 Å². The molecule has 35 heavy (non-hydrogen) atoms. The second kappa shape index (κ2) is 11.7. The highest BCUT2D eigenvalue weighted by atomic mass is 35.5. The molecule has 178 valence electrons. The van der Waals surface area contributed by atoms with Crippen molar-refractivity contribution >= 4 is 35.0 Å². The third-order valence-electron chi connectivity index (χ3n) is 5.02. The van der Waals surface area contributed by atoms with Crippen LogP contribution < -0.4 is 10.2 Å². The molecular formula is C26H24ClN5O2S. The molecule has 3 aromatic carbocycles. The first kappa shape index (κ1) is 24.5. The van der Waals surface area contributed by atoms with E-state index in [0.29, 0.717) is 28.3 Å². The van der Waals surface area contributed by atoms with Crippen LogP contribution in [0.2, 0.25) is 5.02 Å². The van der Waals surface area contributed by atoms with Gasteiger partial charge in [0.15, 0.2) is 11.0 Å². The van der Waals surface area contributed by atoms with Crippen molar-refractivity contribution in [2.45, 2.75) is 19.0 Å². The summed E-state index contributed by atoms with van der Waals surface area (Å²) < 4.78 is 7.50. The van der Waals surface area contributed by atoms with Crippen molar-refractivity contribution in [1.82, 2.24) is 20.2 Å². The van der Waals surface area contributed by atoms with Crippen LogP contribution in [-0.2, 0) is 4.79 Å². The van der Waals surface area contributed by atoms with E-state index in [9.17, 15) is 4.79 Å². The fourth-order valence-electron chi connectivity index (χ4n) is 3.35. The first-order valence-electron chi connectivity index (χ1n) is 11.0. The Morgan fingerprint density at radius 3 is 2.46 bits per heavy atom. The predicted octanol–water partition coefficient (Wildman–Crippen LogP) is 5.62. The summed E-state index contributed by atoms with van der Waals surface area (Å²) in [6.07, 6.45) is 0. The first-order chi connectivity index (χ1) is 17.1. The minimum atomic E-state index is -0.260. The smallest absolute Gasteiger partial charge is 0.250 e. The summed E-state index contributed by atoms with van der Waals surface area (Å²) in [6.45, 7) is 4.33. The van der Waals surface area contributed by atoms with Crippen LogP contribution in [0, 0.1) is 0 Å². The van der Waals surface area contributed by atoms with Gasteiger partial charge in [-0.1, -0.05) is 71.9 Å². The maximum Gasteiger partial charge on any atom is 0.250 e. The number of rotatable bonds is 9. The van der Waals surface area contributed by atoms with E-state index in [4.69, 9.17) is 16.3 Å². The van der Waals surface area contributed by atoms with Gasteiger partial charge in [-0.3, -0.25) is 9.36 Å². The number of hydrogen-bond acceptors (Lipinski definition) is 6. The summed E-state index contributed by atoms with van der Waals surface area (Å²) >= 11 is 7.49. The van der Waals surface area contributed by atoms with Crippen LogP contribution in [0.15, 0.2) is 89.1 Å². The van der Waals surface area contributed by atoms with Gasteiger partial charge in [0, 0.05) is 21.8 Å². The molecule has 4 rings (SSSR count). The summed E-state index contributed by atoms with van der Waals surface area (Å²) in [5.74, 6) is 1.32. The number of hydrogen-bond donors (Lipinski definition) is 1. The lowest BCUT2D eigenvalue weighted by Crippen LogP contribution is -2.21. The molecule has 0 spiro atoms. The predicted molar refractivity (Wildman–Crippen MR) is 140 cm³/mol. The van der Waals surface area contributed by atoms with Crippen LogP contribution in [0.25, 0.3) is 17.1 Å². The second-order valence-electron chi connectivity index (χ2n) is 7.44. The Balaban J connectivity index is 1.53.